The molecule has 1 aromatic rings. The molecule has 1 atom stereocenters. The van der Waals surface area contributed by atoms with E-state index in [1.807, 2.05) is 12.1 Å². The van der Waals surface area contributed by atoms with Crippen LogP contribution in [0.5, 0.6) is 0 Å². The van der Waals surface area contributed by atoms with Gasteiger partial charge in [0.25, 0.3) is 0 Å². The molecule has 1 saturated heterocycles. The number of hydrogen-bond donors (Lipinski definition) is 1. The zero-order valence-corrected chi connectivity index (χ0v) is 11.3. The van der Waals surface area contributed by atoms with Gasteiger partial charge in [0.2, 0.25) is 0 Å². The van der Waals surface area contributed by atoms with Crippen molar-refractivity contribution >= 4 is 0 Å². The second-order valence-corrected chi connectivity index (χ2v) is 4.82. The summed E-state index contributed by atoms with van der Waals surface area (Å²) in [6.07, 6.45) is 1.65. The van der Waals surface area contributed by atoms with Gasteiger partial charge in [-0.05, 0) is 13.0 Å². The first-order valence-corrected chi connectivity index (χ1v) is 6.67. The summed E-state index contributed by atoms with van der Waals surface area (Å²) in [5.74, 6) is 0. The summed E-state index contributed by atoms with van der Waals surface area (Å²) in [5, 5.41) is 12.4. The van der Waals surface area contributed by atoms with Crippen LogP contribution in [0.2, 0.25) is 0 Å². The smallest absolute Gasteiger partial charge is 0.144 e. The SMILES string of the molecule is CC(CN1CCOCC1)NCc1cccnc1C#N. The Hall–Kier alpha value is -1.48. The van der Waals surface area contributed by atoms with E-state index in [-0.39, 0.29) is 0 Å². The lowest BCUT2D eigenvalue weighted by Crippen LogP contribution is -2.44. The maximum Gasteiger partial charge on any atom is 0.144 e. The summed E-state index contributed by atoms with van der Waals surface area (Å²) >= 11 is 0. The molecule has 0 radical (unpaired) electrons. The lowest BCUT2D eigenvalue weighted by Gasteiger charge is -2.29. The molecule has 1 aliphatic heterocycles. The van der Waals surface area contributed by atoms with Crippen molar-refractivity contribution in [1.82, 2.24) is 15.2 Å². The molecule has 1 aliphatic rings. The number of morpholine rings is 1. The fraction of sp³-hybridized carbons (Fsp3) is 0.571. The average Bonchev–Trinajstić information content (AvgIpc) is 2.46. The molecule has 2 rings (SSSR count). The van der Waals surface area contributed by atoms with Crippen molar-refractivity contribution in [3.63, 3.8) is 0 Å². The summed E-state index contributed by atoms with van der Waals surface area (Å²) < 4.78 is 5.33. The number of nitrogens with one attached hydrogen (secondary N) is 1. The molecular formula is C14H20N4O. The number of ether oxygens (including phenoxy) is 1. The third-order valence-electron chi connectivity index (χ3n) is 3.27. The Morgan fingerprint density at radius 2 is 2.32 bits per heavy atom. The molecule has 5 heteroatoms. The van der Waals surface area contributed by atoms with Crippen LogP contribution in [0, 0.1) is 11.3 Å². The van der Waals surface area contributed by atoms with Crippen LogP contribution in [0.25, 0.3) is 0 Å². The summed E-state index contributed by atoms with van der Waals surface area (Å²) in [6, 6.07) is 6.31. The van der Waals surface area contributed by atoms with Crippen LogP contribution < -0.4 is 5.32 Å². The number of hydrogen-bond acceptors (Lipinski definition) is 5. The molecule has 1 aromatic heterocycles. The van der Waals surface area contributed by atoms with Crippen LogP contribution in [-0.2, 0) is 11.3 Å². The van der Waals surface area contributed by atoms with E-state index in [9.17, 15) is 0 Å². The van der Waals surface area contributed by atoms with Gasteiger partial charge in [-0.2, -0.15) is 5.26 Å². The highest BCUT2D eigenvalue weighted by Gasteiger charge is 2.13. The summed E-state index contributed by atoms with van der Waals surface area (Å²) in [5.41, 5.74) is 1.47. The van der Waals surface area contributed by atoms with Crippen molar-refractivity contribution in [2.24, 2.45) is 0 Å². The van der Waals surface area contributed by atoms with E-state index >= 15 is 0 Å². The van der Waals surface area contributed by atoms with Crippen LogP contribution in [-0.4, -0.2) is 48.8 Å². The van der Waals surface area contributed by atoms with Crippen molar-refractivity contribution < 1.29 is 4.74 Å². The van der Waals surface area contributed by atoms with E-state index < -0.39 is 0 Å². The lowest BCUT2D eigenvalue weighted by atomic mass is 10.2. The van der Waals surface area contributed by atoms with E-state index in [0.717, 1.165) is 38.4 Å². The van der Waals surface area contributed by atoms with Gasteiger partial charge < -0.3 is 10.1 Å². The van der Waals surface area contributed by atoms with Crippen LogP contribution >= 0.6 is 0 Å². The highest BCUT2D eigenvalue weighted by molar-refractivity contribution is 5.30. The monoisotopic (exact) mass is 260 g/mol. The predicted octanol–water partition coefficient (Wildman–Crippen LogP) is 0.764. The van der Waals surface area contributed by atoms with Crippen LogP contribution in [0.1, 0.15) is 18.2 Å². The molecule has 102 valence electrons. The summed E-state index contributed by atoms with van der Waals surface area (Å²) in [7, 11) is 0. The highest BCUT2D eigenvalue weighted by Crippen LogP contribution is 2.04. The highest BCUT2D eigenvalue weighted by atomic mass is 16.5. The van der Waals surface area contributed by atoms with Gasteiger partial charge in [-0.3, -0.25) is 4.90 Å². The first kappa shape index (κ1) is 13.9. The van der Waals surface area contributed by atoms with Gasteiger partial charge in [0.1, 0.15) is 11.8 Å². The standard InChI is InChI=1S/C14H20N4O/c1-12(11-18-5-7-19-8-6-18)17-10-13-3-2-4-16-14(13)9-15/h2-4,12,17H,5-8,10-11H2,1H3. The van der Waals surface area contributed by atoms with E-state index in [1.54, 1.807) is 6.20 Å². The number of nitriles is 1. The van der Waals surface area contributed by atoms with Crippen molar-refractivity contribution in [1.29, 1.82) is 5.26 Å². The topological polar surface area (TPSA) is 61.2 Å². The van der Waals surface area contributed by atoms with Crippen molar-refractivity contribution in [3.05, 3.63) is 29.6 Å². The molecule has 2 heterocycles. The Labute approximate surface area is 114 Å². The van der Waals surface area contributed by atoms with E-state index in [0.29, 0.717) is 18.3 Å². The van der Waals surface area contributed by atoms with E-state index in [2.05, 4.69) is 28.2 Å². The van der Waals surface area contributed by atoms with Gasteiger partial charge in [-0.25, -0.2) is 4.98 Å². The van der Waals surface area contributed by atoms with Gasteiger partial charge in [0.15, 0.2) is 0 Å². The quantitative estimate of drug-likeness (QED) is 0.847. The van der Waals surface area contributed by atoms with Gasteiger partial charge in [-0.1, -0.05) is 6.07 Å². The molecule has 0 amide bonds. The number of nitrogens with zero attached hydrogens (tertiary/aromatic N) is 3. The zero-order chi connectivity index (χ0) is 13.5. The maximum absolute atomic E-state index is 8.98. The maximum atomic E-state index is 8.98. The minimum absolute atomic E-state index is 0.379. The number of rotatable bonds is 5. The molecule has 0 spiro atoms. The predicted molar refractivity (Wildman–Crippen MR) is 72.5 cm³/mol. The molecule has 19 heavy (non-hydrogen) atoms. The van der Waals surface area contributed by atoms with Gasteiger partial charge in [0, 0.05) is 44.0 Å². The Balaban J connectivity index is 1.79. The molecule has 0 aromatic carbocycles. The molecule has 0 aliphatic carbocycles. The molecule has 1 N–H and O–H groups in total. The van der Waals surface area contributed by atoms with Crippen LogP contribution in [0.3, 0.4) is 0 Å². The Morgan fingerprint density at radius 3 is 3.05 bits per heavy atom. The average molecular weight is 260 g/mol. The van der Waals surface area contributed by atoms with E-state index in [1.165, 1.54) is 0 Å². The molecule has 1 fully saturated rings. The molecule has 0 saturated carbocycles. The fourth-order valence-corrected chi connectivity index (χ4v) is 2.20. The molecule has 0 bridgehead atoms. The minimum Gasteiger partial charge on any atom is -0.379 e. The molecular weight excluding hydrogens is 240 g/mol. The molecule has 5 nitrogen and oxygen atoms in total. The Bertz CT molecular complexity index is 437. The van der Waals surface area contributed by atoms with Gasteiger partial charge in [-0.15, -0.1) is 0 Å². The number of aromatic nitrogens is 1. The van der Waals surface area contributed by atoms with E-state index in [4.69, 9.17) is 10.00 Å². The number of pyridine rings is 1. The molecule has 1 unspecified atom stereocenters. The minimum atomic E-state index is 0.379. The zero-order valence-electron chi connectivity index (χ0n) is 11.3. The first-order chi connectivity index (χ1) is 9.29. The second-order valence-electron chi connectivity index (χ2n) is 4.82. The third kappa shape index (κ3) is 4.28. The van der Waals surface area contributed by atoms with Crippen molar-refractivity contribution in [3.8, 4) is 6.07 Å². The Kier molecular flexibility index (Phi) is 5.28. The Morgan fingerprint density at radius 1 is 1.53 bits per heavy atom. The fourth-order valence-electron chi connectivity index (χ4n) is 2.20. The van der Waals surface area contributed by atoms with Crippen LogP contribution in [0.4, 0.5) is 0 Å². The summed E-state index contributed by atoms with van der Waals surface area (Å²) in [4.78, 5) is 6.46. The van der Waals surface area contributed by atoms with Gasteiger partial charge >= 0.3 is 0 Å². The largest absolute Gasteiger partial charge is 0.379 e. The first-order valence-electron chi connectivity index (χ1n) is 6.67. The van der Waals surface area contributed by atoms with Crippen LogP contribution in [0.15, 0.2) is 18.3 Å². The second kappa shape index (κ2) is 7.19. The van der Waals surface area contributed by atoms with Crippen molar-refractivity contribution in [2.75, 3.05) is 32.8 Å². The summed E-state index contributed by atoms with van der Waals surface area (Å²) in [6.45, 7) is 7.51. The lowest BCUT2D eigenvalue weighted by molar-refractivity contribution is 0.0343. The van der Waals surface area contributed by atoms with Gasteiger partial charge in [0.05, 0.1) is 13.2 Å². The third-order valence-corrected chi connectivity index (χ3v) is 3.27. The van der Waals surface area contributed by atoms with Crippen molar-refractivity contribution in [2.45, 2.75) is 19.5 Å². The normalized spacial score (nSPS) is 17.9.